The maximum absolute atomic E-state index is 11.7. The fourth-order valence-corrected chi connectivity index (χ4v) is 1.62. The molecule has 0 bridgehead atoms. The number of hydrogen-bond acceptors (Lipinski definition) is 4. The summed E-state index contributed by atoms with van der Waals surface area (Å²) in [5.41, 5.74) is 10.8. The molecule has 0 aliphatic rings. The molecule has 1 rings (SSSR count). The van der Waals surface area contributed by atoms with Gasteiger partial charge in [0.15, 0.2) is 5.69 Å². The number of carbonyl (C=O) groups is 2. The summed E-state index contributed by atoms with van der Waals surface area (Å²) in [6.45, 7) is 4.03. The van der Waals surface area contributed by atoms with Gasteiger partial charge in [-0.05, 0) is 12.8 Å². The van der Waals surface area contributed by atoms with Crippen molar-refractivity contribution < 1.29 is 9.59 Å². The monoisotopic (exact) mass is 253 g/mol. The van der Waals surface area contributed by atoms with E-state index in [0.29, 0.717) is 0 Å². The number of nitrogens with zero attached hydrogens (tertiary/aromatic N) is 2. The summed E-state index contributed by atoms with van der Waals surface area (Å²) in [6.07, 6.45) is 3.17. The second kappa shape index (κ2) is 6.04. The quantitative estimate of drug-likeness (QED) is 0.654. The molecule has 0 aliphatic heterocycles. The molecule has 0 saturated heterocycles. The van der Waals surface area contributed by atoms with Crippen molar-refractivity contribution >= 4 is 17.5 Å². The summed E-state index contributed by atoms with van der Waals surface area (Å²) in [5.74, 6) is -0.867. The first-order valence-electron chi connectivity index (χ1n) is 5.90. The maximum Gasteiger partial charge on any atom is 0.271 e. The molecule has 5 N–H and O–H groups in total. The number of rotatable bonds is 6. The van der Waals surface area contributed by atoms with Gasteiger partial charge in [0.2, 0.25) is 5.91 Å². The summed E-state index contributed by atoms with van der Waals surface area (Å²) >= 11 is 0. The minimum atomic E-state index is -0.702. The number of nitrogens with one attached hydrogen (secondary N) is 1. The van der Waals surface area contributed by atoms with Crippen molar-refractivity contribution in [3.63, 3.8) is 0 Å². The van der Waals surface area contributed by atoms with Crippen LogP contribution in [0, 0.1) is 0 Å². The third kappa shape index (κ3) is 3.47. The van der Waals surface area contributed by atoms with Crippen LogP contribution >= 0.6 is 0 Å². The van der Waals surface area contributed by atoms with Crippen molar-refractivity contribution in [2.24, 2.45) is 5.73 Å². The van der Waals surface area contributed by atoms with Gasteiger partial charge >= 0.3 is 0 Å². The number of hydrogen-bond donors (Lipinski definition) is 3. The van der Waals surface area contributed by atoms with Crippen LogP contribution in [-0.4, -0.2) is 27.6 Å². The molecule has 100 valence electrons. The Bertz CT molecular complexity index is 437. The van der Waals surface area contributed by atoms with Gasteiger partial charge in [-0.15, -0.1) is 0 Å². The summed E-state index contributed by atoms with van der Waals surface area (Å²) in [5, 5.41) is 6.73. The lowest BCUT2D eigenvalue weighted by molar-refractivity contribution is -0.122. The smallest absolute Gasteiger partial charge is 0.271 e. The van der Waals surface area contributed by atoms with E-state index in [9.17, 15) is 9.59 Å². The molecule has 1 heterocycles. The van der Waals surface area contributed by atoms with Gasteiger partial charge in [-0.2, -0.15) is 5.10 Å². The van der Waals surface area contributed by atoms with Gasteiger partial charge in [0, 0.05) is 12.2 Å². The number of anilines is 1. The predicted molar refractivity (Wildman–Crippen MR) is 67.7 cm³/mol. The average molecular weight is 253 g/mol. The molecule has 0 fully saturated rings. The SMILES string of the molecule is CCC(CC)NC(=O)Cn1cc(N)c(C(N)=O)n1. The molecular weight excluding hydrogens is 234 g/mol. The zero-order valence-corrected chi connectivity index (χ0v) is 10.6. The molecular formula is C11H19N5O2. The van der Waals surface area contributed by atoms with Crippen molar-refractivity contribution in [1.29, 1.82) is 0 Å². The Hall–Kier alpha value is -2.05. The van der Waals surface area contributed by atoms with E-state index < -0.39 is 5.91 Å². The van der Waals surface area contributed by atoms with E-state index in [1.54, 1.807) is 0 Å². The lowest BCUT2D eigenvalue weighted by Crippen LogP contribution is -2.36. The Morgan fingerprint density at radius 2 is 2.06 bits per heavy atom. The fourth-order valence-electron chi connectivity index (χ4n) is 1.62. The molecule has 1 aromatic rings. The first-order valence-corrected chi connectivity index (χ1v) is 5.90. The highest BCUT2D eigenvalue weighted by Crippen LogP contribution is 2.07. The molecule has 0 aromatic carbocycles. The molecule has 1 aromatic heterocycles. The van der Waals surface area contributed by atoms with Gasteiger partial charge < -0.3 is 16.8 Å². The van der Waals surface area contributed by atoms with Crippen LogP contribution in [-0.2, 0) is 11.3 Å². The second-order valence-electron chi connectivity index (χ2n) is 4.08. The van der Waals surface area contributed by atoms with Gasteiger partial charge in [-0.3, -0.25) is 14.3 Å². The normalized spacial score (nSPS) is 10.6. The van der Waals surface area contributed by atoms with E-state index in [-0.39, 0.29) is 29.9 Å². The summed E-state index contributed by atoms with van der Waals surface area (Å²) in [7, 11) is 0. The molecule has 2 amide bonds. The van der Waals surface area contributed by atoms with Crippen LogP contribution in [0.15, 0.2) is 6.20 Å². The van der Waals surface area contributed by atoms with Crippen molar-refractivity contribution in [1.82, 2.24) is 15.1 Å². The summed E-state index contributed by atoms with van der Waals surface area (Å²) in [6, 6.07) is 0.154. The van der Waals surface area contributed by atoms with Crippen LogP contribution in [0.5, 0.6) is 0 Å². The van der Waals surface area contributed by atoms with Crippen LogP contribution in [0.2, 0.25) is 0 Å². The highest BCUT2D eigenvalue weighted by Gasteiger charge is 2.14. The largest absolute Gasteiger partial charge is 0.396 e. The van der Waals surface area contributed by atoms with Crippen LogP contribution in [0.25, 0.3) is 0 Å². The standard InChI is InChI=1S/C11H19N5O2/c1-3-7(4-2)14-9(17)6-16-5-8(12)10(15-16)11(13)18/h5,7H,3-4,6,12H2,1-2H3,(H2,13,18)(H,14,17). The zero-order valence-electron chi connectivity index (χ0n) is 10.6. The molecule has 0 radical (unpaired) electrons. The van der Waals surface area contributed by atoms with Crippen LogP contribution in [0.3, 0.4) is 0 Å². The number of carbonyl (C=O) groups excluding carboxylic acids is 2. The van der Waals surface area contributed by atoms with E-state index in [1.165, 1.54) is 10.9 Å². The van der Waals surface area contributed by atoms with Gasteiger partial charge in [0.1, 0.15) is 6.54 Å². The fraction of sp³-hybridized carbons (Fsp3) is 0.545. The molecule has 0 saturated carbocycles. The maximum atomic E-state index is 11.7. The van der Waals surface area contributed by atoms with E-state index in [2.05, 4.69) is 10.4 Å². The van der Waals surface area contributed by atoms with Gasteiger partial charge in [0.25, 0.3) is 5.91 Å². The molecule has 18 heavy (non-hydrogen) atoms. The molecule has 0 spiro atoms. The average Bonchev–Trinajstić information content (AvgIpc) is 2.67. The van der Waals surface area contributed by atoms with Crippen LogP contribution < -0.4 is 16.8 Å². The zero-order chi connectivity index (χ0) is 13.7. The minimum absolute atomic E-state index is 0.00895. The van der Waals surface area contributed by atoms with Gasteiger partial charge in [-0.1, -0.05) is 13.8 Å². The van der Waals surface area contributed by atoms with E-state index in [0.717, 1.165) is 12.8 Å². The van der Waals surface area contributed by atoms with Crippen molar-refractivity contribution in [3.8, 4) is 0 Å². The Kier molecular flexibility index (Phi) is 4.70. The molecule has 7 heteroatoms. The number of amides is 2. The molecule has 0 atom stereocenters. The first kappa shape index (κ1) is 14.0. The van der Waals surface area contributed by atoms with Gasteiger partial charge in [0.05, 0.1) is 5.69 Å². The lowest BCUT2D eigenvalue weighted by atomic mass is 10.2. The second-order valence-corrected chi connectivity index (χ2v) is 4.08. The Balaban J connectivity index is 2.65. The highest BCUT2D eigenvalue weighted by molar-refractivity contribution is 5.95. The minimum Gasteiger partial charge on any atom is -0.396 e. The number of primary amides is 1. The lowest BCUT2D eigenvalue weighted by Gasteiger charge is -2.14. The van der Waals surface area contributed by atoms with Crippen molar-refractivity contribution in [2.75, 3.05) is 5.73 Å². The van der Waals surface area contributed by atoms with Crippen LogP contribution in [0.4, 0.5) is 5.69 Å². The van der Waals surface area contributed by atoms with E-state index in [4.69, 9.17) is 11.5 Å². The Morgan fingerprint density at radius 3 is 2.50 bits per heavy atom. The highest BCUT2D eigenvalue weighted by atomic mass is 16.2. The number of nitrogen functional groups attached to an aromatic ring is 1. The van der Waals surface area contributed by atoms with Gasteiger partial charge in [-0.25, -0.2) is 0 Å². The van der Waals surface area contributed by atoms with Crippen LogP contribution in [0.1, 0.15) is 37.2 Å². The number of aromatic nitrogens is 2. The third-order valence-corrected chi connectivity index (χ3v) is 2.68. The Labute approximate surface area is 106 Å². The number of nitrogens with two attached hydrogens (primary N) is 2. The van der Waals surface area contributed by atoms with E-state index >= 15 is 0 Å². The molecule has 0 unspecified atom stereocenters. The summed E-state index contributed by atoms with van der Waals surface area (Å²) < 4.78 is 1.31. The summed E-state index contributed by atoms with van der Waals surface area (Å²) in [4.78, 5) is 22.7. The topological polar surface area (TPSA) is 116 Å². The van der Waals surface area contributed by atoms with Crippen molar-refractivity contribution in [3.05, 3.63) is 11.9 Å². The predicted octanol–water partition coefficient (Wildman–Crippen LogP) is -0.131. The van der Waals surface area contributed by atoms with Crippen molar-refractivity contribution in [2.45, 2.75) is 39.3 Å². The van der Waals surface area contributed by atoms with E-state index in [1.807, 2.05) is 13.8 Å². The third-order valence-electron chi connectivity index (χ3n) is 2.68. The molecule has 0 aliphatic carbocycles. The first-order chi connectivity index (χ1) is 8.47. The molecule has 7 nitrogen and oxygen atoms in total. The Morgan fingerprint density at radius 1 is 1.44 bits per heavy atom.